The molecule has 3 nitrogen and oxygen atoms in total. The number of rotatable bonds is 9. The number of carbonyl (C=O) groups is 1. The van der Waals surface area contributed by atoms with Gasteiger partial charge in [-0.15, -0.1) is 0 Å². The molecule has 3 heteroatoms. The average molecular weight is 254 g/mol. The fraction of sp³-hybridized carbons (Fsp3) is 0.933. The van der Waals surface area contributed by atoms with Crippen LogP contribution >= 0.6 is 0 Å². The molecule has 3 atom stereocenters. The molecule has 0 N–H and O–H groups in total. The Hall–Kier alpha value is -0.570. The molecule has 2 aliphatic rings. The lowest BCUT2D eigenvalue weighted by atomic mass is 9.75. The highest BCUT2D eigenvalue weighted by Gasteiger charge is 2.60. The van der Waals surface area contributed by atoms with Gasteiger partial charge in [0.2, 0.25) is 0 Å². The van der Waals surface area contributed by atoms with E-state index in [1.807, 2.05) is 0 Å². The Morgan fingerprint density at radius 3 is 2.94 bits per heavy atom. The third-order valence-corrected chi connectivity index (χ3v) is 4.61. The van der Waals surface area contributed by atoms with Crippen molar-refractivity contribution >= 4 is 6.47 Å². The molecule has 0 aromatic heterocycles. The van der Waals surface area contributed by atoms with Crippen LogP contribution in [0.1, 0.15) is 64.7 Å². The Kier molecular flexibility index (Phi) is 5.04. The van der Waals surface area contributed by atoms with E-state index in [0.717, 1.165) is 12.8 Å². The highest BCUT2D eigenvalue weighted by Crippen LogP contribution is 2.55. The van der Waals surface area contributed by atoms with Gasteiger partial charge in [0.05, 0.1) is 18.3 Å². The Morgan fingerprint density at radius 2 is 2.22 bits per heavy atom. The molecule has 0 aromatic carbocycles. The zero-order valence-electron chi connectivity index (χ0n) is 11.5. The quantitative estimate of drug-likeness (QED) is 0.359. The van der Waals surface area contributed by atoms with Crippen molar-refractivity contribution in [1.29, 1.82) is 0 Å². The molecule has 1 aliphatic carbocycles. The molecule has 0 aromatic rings. The molecule has 0 radical (unpaired) electrons. The Balaban J connectivity index is 1.82. The summed E-state index contributed by atoms with van der Waals surface area (Å²) in [5.74, 6) is 0.679. The maximum Gasteiger partial charge on any atom is 0.293 e. The minimum atomic E-state index is 0.217. The zero-order valence-corrected chi connectivity index (χ0v) is 11.5. The molecular formula is C15H26O3. The first-order valence-electron chi connectivity index (χ1n) is 7.56. The molecule has 0 bridgehead atoms. The van der Waals surface area contributed by atoms with Crippen LogP contribution in [0.5, 0.6) is 0 Å². The molecule has 18 heavy (non-hydrogen) atoms. The van der Waals surface area contributed by atoms with Gasteiger partial charge in [0, 0.05) is 0 Å². The van der Waals surface area contributed by atoms with Gasteiger partial charge >= 0.3 is 0 Å². The number of ether oxygens (including phenoxy) is 2. The molecule has 2 rings (SSSR count). The standard InChI is InChI=1S/C15H26O3/c1-2-3-7-13(8-6-11-17-12-16)15-10-5-4-9-14(15)18-15/h12-14H,2-11H2,1H3. The first kappa shape index (κ1) is 13.9. The van der Waals surface area contributed by atoms with Crippen molar-refractivity contribution in [2.24, 2.45) is 5.92 Å². The van der Waals surface area contributed by atoms with E-state index in [1.165, 1.54) is 44.9 Å². The second-order valence-electron chi connectivity index (χ2n) is 5.76. The van der Waals surface area contributed by atoms with E-state index in [9.17, 15) is 4.79 Å². The Bertz CT molecular complexity index is 266. The fourth-order valence-corrected chi connectivity index (χ4v) is 3.59. The lowest BCUT2D eigenvalue weighted by Gasteiger charge is -2.27. The van der Waals surface area contributed by atoms with Crippen molar-refractivity contribution in [2.75, 3.05) is 6.61 Å². The number of unbranched alkanes of at least 4 members (excludes halogenated alkanes) is 1. The van der Waals surface area contributed by atoms with Gasteiger partial charge in [-0.25, -0.2) is 0 Å². The Morgan fingerprint density at radius 1 is 1.39 bits per heavy atom. The van der Waals surface area contributed by atoms with Crippen LogP contribution in [0.15, 0.2) is 0 Å². The van der Waals surface area contributed by atoms with E-state index in [0.29, 0.717) is 25.1 Å². The van der Waals surface area contributed by atoms with E-state index < -0.39 is 0 Å². The summed E-state index contributed by atoms with van der Waals surface area (Å²) in [4.78, 5) is 10.1. The minimum Gasteiger partial charge on any atom is -0.468 e. The summed E-state index contributed by atoms with van der Waals surface area (Å²) in [7, 11) is 0. The van der Waals surface area contributed by atoms with E-state index in [1.54, 1.807) is 0 Å². The molecular weight excluding hydrogens is 228 g/mol. The topological polar surface area (TPSA) is 38.8 Å². The molecule has 0 amide bonds. The maximum absolute atomic E-state index is 10.1. The van der Waals surface area contributed by atoms with Crippen molar-refractivity contribution in [3.05, 3.63) is 0 Å². The van der Waals surface area contributed by atoms with Crippen molar-refractivity contribution < 1.29 is 14.3 Å². The van der Waals surface area contributed by atoms with Crippen LogP contribution in [0, 0.1) is 5.92 Å². The first-order valence-corrected chi connectivity index (χ1v) is 7.56. The third-order valence-electron chi connectivity index (χ3n) is 4.61. The molecule has 1 aliphatic heterocycles. The molecule has 2 fully saturated rings. The molecule has 3 unspecified atom stereocenters. The lowest BCUT2D eigenvalue weighted by molar-refractivity contribution is -0.128. The lowest BCUT2D eigenvalue weighted by Crippen LogP contribution is -2.30. The fourth-order valence-electron chi connectivity index (χ4n) is 3.59. The predicted molar refractivity (Wildman–Crippen MR) is 70.3 cm³/mol. The Labute approximate surface area is 110 Å². The number of hydrogen-bond acceptors (Lipinski definition) is 3. The third kappa shape index (κ3) is 3.05. The van der Waals surface area contributed by atoms with Gasteiger partial charge in [-0.1, -0.05) is 32.6 Å². The monoisotopic (exact) mass is 254 g/mol. The average Bonchev–Trinajstić information content (AvgIpc) is 3.13. The van der Waals surface area contributed by atoms with E-state index in [4.69, 9.17) is 9.47 Å². The van der Waals surface area contributed by atoms with Gasteiger partial charge in [0.15, 0.2) is 0 Å². The second kappa shape index (κ2) is 6.55. The summed E-state index contributed by atoms with van der Waals surface area (Å²) in [5, 5.41) is 0. The van der Waals surface area contributed by atoms with Crippen LogP contribution < -0.4 is 0 Å². The van der Waals surface area contributed by atoms with Crippen molar-refractivity contribution in [2.45, 2.75) is 76.4 Å². The minimum absolute atomic E-state index is 0.217. The summed E-state index contributed by atoms with van der Waals surface area (Å²) < 4.78 is 10.9. The molecule has 1 saturated carbocycles. The summed E-state index contributed by atoms with van der Waals surface area (Å²) >= 11 is 0. The molecule has 1 saturated heterocycles. The smallest absolute Gasteiger partial charge is 0.293 e. The van der Waals surface area contributed by atoms with Crippen molar-refractivity contribution in [3.8, 4) is 0 Å². The summed E-state index contributed by atoms with van der Waals surface area (Å²) in [6.45, 7) is 3.36. The van der Waals surface area contributed by atoms with Crippen LogP contribution in [0.4, 0.5) is 0 Å². The van der Waals surface area contributed by atoms with Crippen LogP contribution in [0.25, 0.3) is 0 Å². The highest BCUT2D eigenvalue weighted by molar-refractivity contribution is 5.36. The zero-order chi connectivity index (χ0) is 12.8. The van der Waals surface area contributed by atoms with E-state index in [2.05, 4.69) is 6.92 Å². The summed E-state index contributed by atoms with van der Waals surface area (Å²) in [6.07, 6.45) is 11.6. The first-order chi connectivity index (χ1) is 8.83. The van der Waals surface area contributed by atoms with Gasteiger partial charge in [-0.3, -0.25) is 4.79 Å². The van der Waals surface area contributed by atoms with Gasteiger partial charge in [0.1, 0.15) is 0 Å². The number of fused-ring (bicyclic) bond motifs is 1. The highest BCUT2D eigenvalue weighted by atomic mass is 16.6. The van der Waals surface area contributed by atoms with Crippen LogP contribution in [0.3, 0.4) is 0 Å². The van der Waals surface area contributed by atoms with E-state index >= 15 is 0 Å². The summed E-state index contributed by atoms with van der Waals surface area (Å²) in [5.41, 5.74) is 0.217. The van der Waals surface area contributed by atoms with Crippen molar-refractivity contribution in [3.63, 3.8) is 0 Å². The predicted octanol–water partition coefficient (Wildman–Crippen LogP) is 3.46. The SMILES string of the molecule is CCCCC(CCCOC=O)C12CCCCC1O2. The summed E-state index contributed by atoms with van der Waals surface area (Å²) in [6, 6.07) is 0. The molecule has 1 heterocycles. The number of hydrogen-bond donors (Lipinski definition) is 0. The van der Waals surface area contributed by atoms with Gasteiger partial charge in [-0.05, 0) is 38.0 Å². The van der Waals surface area contributed by atoms with E-state index in [-0.39, 0.29) is 5.60 Å². The number of carbonyl (C=O) groups excluding carboxylic acids is 1. The second-order valence-corrected chi connectivity index (χ2v) is 5.76. The maximum atomic E-state index is 10.1. The van der Waals surface area contributed by atoms with Crippen LogP contribution in [0.2, 0.25) is 0 Å². The largest absolute Gasteiger partial charge is 0.468 e. The van der Waals surface area contributed by atoms with Crippen molar-refractivity contribution in [1.82, 2.24) is 0 Å². The van der Waals surface area contributed by atoms with Gasteiger partial charge < -0.3 is 9.47 Å². The molecule has 0 spiro atoms. The normalized spacial score (nSPS) is 31.5. The molecule has 104 valence electrons. The van der Waals surface area contributed by atoms with Crippen LogP contribution in [-0.2, 0) is 14.3 Å². The van der Waals surface area contributed by atoms with Gasteiger partial charge in [0.25, 0.3) is 6.47 Å². The van der Waals surface area contributed by atoms with Gasteiger partial charge in [-0.2, -0.15) is 0 Å². The van der Waals surface area contributed by atoms with Crippen LogP contribution in [-0.4, -0.2) is 24.8 Å². The number of epoxide rings is 1.